The largest absolute Gasteiger partial charge is 0.279 e. The fraction of sp³-hybridized carbons (Fsp3) is 0.400. The number of ketones is 1. The average Bonchev–Trinajstić information content (AvgIpc) is 2.38. The molecule has 0 atom stereocenters. The second-order valence-corrected chi connectivity index (χ2v) is 5.27. The fourth-order valence-electron chi connectivity index (χ4n) is 2.13. The molecule has 1 aromatic rings. The smallest absolute Gasteiger partial charge is 0.237 e. The van der Waals surface area contributed by atoms with Crippen LogP contribution in [0, 0.1) is 17.8 Å². The van der Waals surface area contributed by atoms with E-state index in [4.69, 9.17) is 0 Å². The Morgan fingerprint density at radius 3 is 2.59 bits per heavy atom. The van der Waals surface area contributed by atoms with Crippen molar-refractivity contribution in [2.75, 3.05) is 0 Å². The van der Waals surface area contributed by atoms with Gasteiger partial charge in [-0.2, -0.15) is 0 Å². The van der Waals surface area contributed by atoms with Gasteiger partial charge in [-0.05, 0) is 30.9 Å². The normalized spacial score (nSPS) is 16.1. The van der Waals surface area contributed by atoms with E-state index in [0.29, 0.717) is 11.5 Å². The van der Waals surface area contributed by atoms with Crippen LogP contribution in [0.5, 0.6) is 0 Å². The van der Waals surface area contributed by atoms with Gasteiger partial charge in [-0.3, -0.25) is 4.79 Å². The second-order valence-electron chi connectivity index (χ2n) is 4.41. The summed E-state index contributed by atoms with van der Waals surface area (Å²) in [6.45, 7) is 0. The Labute approximate surface area is 111 Å². The van der Waals surface area contributed by atoms with Gasteiger partial charge in [-0.1, -0.05) is 53.2 Å². The van der Waals surface area contributed by atoms with Crippen LogP contribution in [-0.4, -0.2) is 5.78 Å². The van der Waals surface area contributed by atoms with E-state index < -0.39 is 0 Å². The summed E-state index contributed by atoms with van der Waals surface area (Å²) in [6.07, 6.45) is 6.12. The molecule has 1 aliphatic carbocycles. The zero-order chi connectivity index (χ0) is 12.1. The van der Waals surface area contributed by atoms with E-state index >= 15 is 0 Å². The van der Waals surface area contributed by atoms with Crippen molar-refractivity contribution in [1.29, 1.82) is 0 Å². The number of rotatable bonds is 1. The van der Waals surface area contributed by atoms with Gasteiger partial charge in [-0.15, -0.1) is 0 Å². The first-order valence-electron chi connectivity index (χ1n) is 6.08. The highest BCUT2D eigenvalue weighted by Gasteiger charge is 2.11. The Balaban J connectivity index is 2.06. The van der Waals surface area contributed by atoms with Crippen molar-refractivity contribution in [3.8, 4) is 11.8 Å². The molecule has 0 spiro atoms. The third-order valence-corrected chi connectivity index (χ3v) is 3.80. The molecule has 0 bridgehead atoms. The molecule has 1 saturated carbocycles. The highest BCUT2D eigenvalue weighted by Crippen LogP contribution is 2.23. The Hall–Kier alpha value is -1.07. The quantitative estimate of drug-likeness (QED) is 0.430. The van der Waals surface area contributed by atoms with Crippen molar-refractivity contribution in [3.63, 3.8) is 0 Å². The van der Waals surface area contributed by atoms with Gasteiger partial charge >= 0.3 is 0 Å². The molecular formula is C15H15BrO. The van der Waals surface area contributed by atoms with Crippen LogP contribution in [0.1, 0.15) is 42.5 Å². The summed E-state index contributed by atoms with van der Waals surface area (Å²) in [5, 5.41) is 0. The van der Waals surface area contributed by atoms with Crippen LogP contribution in [0.3, 0.4) is 0 Å². The number of hydrogen-bond acceptors (Lipinski definition) is 1. The summed E-state index contributed by atoms with van der Waals surface area (Å²) in [6, 6.07) is 7.44. The lowest BCUT2D eigenvalue weighted by Crippen LogP contribution is -2.04. The molecule has 0 aliphatic heterocycles. The molecule has 0 N–H and O–H groups in total. The molecular weight excluding hydrogens is 276 g/mol. The van der Waals surface area contributed by atoms with Gasteiger partial charge in [0.05, 0.1) is 0 Å². The molecule has 0 aromatic heterocycles. The molecule has 0 radical (unpaired) electrons. The van der Waals surface area contributed by atoms with Crippen molar-refractivity contribution < 1.29 is 4.79 Å². The van der Waals surface area contributed by atoms with E-state index in [0.717, 1.165) is 17.3 Å². The van der Waals surface area contributed by atoms with Crippen molar-refractivity contribution >= 4 is 21.7 Å². The first-order chi connectivity index (χ1) is 8.27. The number of carbonyl (C=O) groups excluding carboxylic acids is 1. The molecule has 1 fully saturated rings. The molecule has 0 amide bonds. The van der Waals surface area contributed by atoms with Crippen molar-refractivity contribution in [2.45, 2.75) is 32.1 Å². The first kappa shape index (κ1) is 12.4. The minimum Gasteiger partial charge on any atom is -0.279 e. The molecule has 2 heteroatoms. The van der Waals surface area contributed by atoms with Crippen LogP contribution in [-0.2, 0) is 0 Å². The summed E-state index contributed by atoms with van der Waals surface area (Å²) in [5.74, 6) is 6.26. The minimum absolute atomic E-state index is 0.0805. The van der Waals surface area contributed by atoms with E-state index in [1.807, 2.05) is 24.3 Å². The number of carbonyl (C=O) groups is 1. The molecule has 0 heterocycles. The Bertz CT molecular complexity index is 461. The predicted molar refractivity (Wildman–Crippen MR) is 72.8 cm³/mol. The maximum atomic E-state index is 11.9. The standard InChI is InChI=1S/C15H15BrO/c16-14-9-5-4-8-13(14)15(17)11-10-12-6-2-1-3-7-12/h4-5,8-9,12H,1-3,6-7H2. The van der Waals surface area contributed by atoms with E-state index in [9.17, 15) is 4.79 Å². The topological polar surface area (TPSA) is 17.1 Å². The lowest BCUT2D eigenvalue weighted by atomic mass is 9.89. The van der Waals surface area contributed by atoms with E-state index in [1.54, 1.807) is 0 Å². The summed E-state index contributed by atoms with van der Waals surface area (Å²) >= 11 is 3.37. The van der Waals surface area contributed by atoms with Gasteiger partial charge < -0.3 is 0 Å². The monoisotopic (exact) mass is 290 g/mol. The van der Waals surface area contributed by atoms with Crippen molar-refractivity contribution in [3.05, 3.63) is 34.3 Å². The predicted octanol–water partition coefficient (Wildman–Crippen LogP) is 4.22. The van der Waals surface area contributed by atoms with E-state index in [-0.39, 0.29) is 5.78 Å². The minimum atomic E-state index is -0.0805. The Morgan fingerprint density at radius 1 is 1.18 bits per heavy atom. The summed E-state index contributed by atoms with van der Waals surface area (Å²) in [7, 11) is 0. The van der Waals surface area contributed by atoms with Crippen LogP contribution in [0.25, 0.3) is 0 Å². The van der Waals surface area contributed by atoms with Gasteiger partial charge in [-0.25, -0.2) is 0 Å². The second kappa shape index (κ2) is 6.02. The average molecular weight is 291 g/mol. The number of halogens is 1. The lowest BCUT2D eigenvalue weighted by molar-refractivity contribution is 0.105. The lowest BCUT2D eigenvalue weighted by Gasteiger charge is -2.15. The number of hydrogen-bond donors (Lipinski definition) is 0. The third kappa shape index (κ3) is 3.44. The summed E-state index contributed by atoms with van der Waals surface area (Å²) in [5.41, 5.74) is 0.663. The van der Waals surface area contributed by atoms with Gasteiger partial charge in [0.2, 0.25) is 5.78 Å². The number of benzene rings is 1. The van der Waals surface area contributed by atoms with Crippen LogP contribution < -0.4 is 0 Å². The number of Topliss-reactive ketones (excluding diaryl/α,β-unsaturated/α-hetero) is 1. The van der Waals surface area contributed by atoms with Crippen LogP contribution in [0.4, 0.5) is 0 Å². The summed E-state index contributed by atoms with van der Waals surface area (Å²) in [4.78, 5) is 11.9. The molecule has 88 valence electrons. The highest BCUT2D eigenvalue weighted by molar-refractivity contribution is 9.10. The van der Waals surface area contributed by atoms with Crippen molar-refractivity contribution in [2.24, 2.45) is 5.92 Å². The zero-order valence-corrected chi connectivity index (χ0v) is 11.3. The highest BCUT2D eigenvalue weighted by atomic mass is 79.9. The molecule has 1 aliphatic rings. The summed E-state index contributed by atoms with van der Waals surface area (Å²) < 4.78 is 0.822. The Morgan fingerprint density at radius 2 is 1.88 bits per heavy atom. The molecule has 1 nitrogen and oxygen atoms in total. The van der Waals surface area contributed by atoms with Crippen LogP contribution in [0.2, 0.25) is 0 Å². The first-order valence-corrected chi connectivity index (χ1v) is 6.87. The van der Waals surface area contributed by atoms with E-state index in [2.05, 4.69) is 27.8 Å². The van der Waals surface area contributed by atoms with Gasteiger partial charge in [0.15, 0.2) is 0 Å². The molecule has 0 saturated heterocycles. The zero-order valence-electron chi connectivity index (χ0n) is 9.71. The maximum absolute atomic E-state index is 11.9. The molecule has 1 aromatic carbocycles. The van der Waals surface area contributed by atoms with Crippen molar-refractivity contribution in [1.82, 2.24) is 0 Å². The van der Waals surface area contributed by atoms with Gasteiger partial charge in [0.25, 0.3) is 0 Å². The maximum Gasteiger partial charge on any atom is 0.237 e. The SMILES string of the molecule is O=C(C#CC1CCCCC1)c1ccccc1Br. The molecule has 2 rings (SSSR count). The Kier molecular flexibility index (Phi) is 4.39. The van der Waals surface area contributed by atoms with Crippen LogP contribution in [0.15, 0.2) is 28.7 Å². The fourth-order valence-corrected chi connectivity index (χ4v) is 2.59. The molecule has 17 heavy (non-hydrogen) atoms. The molecule has 0 unspecified atom stereocenters. The van der Waals surface area contributed by atoms with Gasteiger partial charge in [0.1, 0.15) is 0 Å². The van der Waals surface area contributed by atoms with E-state index in [1.165, 1.54) is 19.3 Å². The van der Waals surface area contributed by atoms with Crippen LogP contribution >= 0.6 is 15.9 Å². The third-order valence-electron chi connectivity index (χ3n) is 3.11. The van der Waals surface area contributed by atoms with Gasteiger partial charge in [0, 0.05) is 16.0 Å².